The van der Waals surface area contributed by atoms with Crippen LogP contribution in [0.15, 0.2) is 42.7 Å². The molecule has 1 N–H and O–H groups in total. The van der Waals surface area contributed by atoms with Crippen molar-refractivity contribution in [2.24, 2.45) is 0 Å². The van der Waals surface area contributed by atoms with Crippen LogP contribution in [0.25, 0.3) is 0 Å². The first-order chi connectivity index (χ1) is 9.99. The van der Waals surface area contributed by atoms with Gasteiger partial charge in [0.1, 0.15) is 5.69 Å². The predicted molar refractivity (Wildman–Crippen MR) is 76.0 cm³/mol. The quantitative estimate of drug-likeness (QED) is 0.668. The summed E-state index contributed by atoms with van der Waals surface area (Å²) in [7, 11) is 0. The summed E-state index contributed by atoms with van der Waals surface area (Å²) in [5, 5.41) is 24.7. The molecule has 8 heteroatoms. The molecular weight excluding hydrogens is 276 g/mol. The molecule has 2 rings (SSSR count). The van der Waals surface area contributed by atoms with E-state index in [9.17, 15) is 20.2 Å². The molecule has 0 aliphatic carbocycles. The van der Waals surface area contributed by atoms with Gasteiger partial charge in [-0.25, -0.2) is 0 Å². The van der Waals surface area contributed by atoms with Gasteiger partial charge in [-0.1, -0.05) is 6.07 Å². The Kier molecular flexibility index (Phi) is 4.07. The predicted octanol–water partition coefficient (Wildman–Crippen LogP) is 3.07. The molecular formula is C13H12N4O4. The zero-order chi connectivity index (χ0) is 15.4. The zero-order valence-corrected chi connectivity index (χ0v) is 11.1. The molecule has 1 atom stereocenters. The average molecular weight is 288 g/mol. The van der Waals surface area contributed by atoms with Gasteiger partial charge >= 0.3 is 0 Å². The second kappa shape index (κ2) is 5.95. The molecule has 108 valence electrons. The second-order valence-electron chi connectivity index (χ2n) is 4.37. The Bertz CT molecular complexity index is 675. The summed E-state index contributed by atoms with van der Waals surface area (Å²) in [5.74, 6) is 0. The number of aromatic nitrogens is 1. The van der Waals surface area contributed by atoms with Gasteiger partial charge in [0.05, 0.1) is 22.0 Å². The Hall–Kier alpha value is -3.03. The fourth-order valence-electron chi connectivity index (χ4n) is 1.86. The van der Waals surface area contributed by atoms with E-state index in [0.717, 1.165) is 11.6 Å². The smallest absolute Gasteiger partial charge is 0.299 e. The Balaban J connectivity index is 2.31. The summed E-state index contributed by atoms with van der Waals surface area (Å²) in [5.41, 5.74) is 0.424. The molecule has 21 heavy (non-hydrogen) atoms. The van der Waals surface area contributed by atoms with Gasteiger partial charge in [-0.05, 0) is 24.6 Å². The third-order valence-electron chi connectivity index (χ3n) is 2.95. The van der Waals surface area contributed by atoms with Gasteiger partial charge < -0.3 is 5.32 Å². The third-order valence-corrected chi connectivity index (χ3v) is 2.95. The maximum Gasteiger partial charge on any atom is 0.299 e. The van der Waals surface area contributed by atoms with E-state index < -0.39 is 9.85 Å². The summed E-state index contributed by atoms with van der Waals surface area (Å²) in [4.78, 5) is 24.4. The van der Waals surface area contributed by atoms with Crippen molar-refractivity contribution in [1.82, 2.24) is 4.98 Å². The molecule has 0 spiro atoms. The number of nitrogens with zero attached hydrogens (tertiary/aromatic N) is 3. The first-order valence-electron chi connectivity index (χ1n) is 6.08. The number of pyridine rings is 1. The van der Waals surface area contributed by atoms with E-state index in [1.807, 2.05) is 13.0 Å². The number of nitro benzene ring substituents is 2. The van der Waals surface area contributed by atoms with Crippen LogP contribution in [-0.4, -0.2) is 14.8 Å². The number of hydrogen-bond donors (Lipinski definition) is 1. The van der Waals surface area contributed by atoms with Crippen LogP contribution in [0.4, 0.5) is 17.1 Å². The van der Waals surface area contributed by atoms with Crippen molar-refractivity contribution in [3.05, 3.63) is 68.5 Å². The van der Waals surface area contributed by atoms with Crippen molar-refractivity contribution in [3.63, 3.8) is 0 Å². The molecule has 1 aromatic heterocycles. The molecule has 0 amide bonds. The Labute approximate surface area is 119 Å². The number of hydrogen-bond acceptors (Lipinski definition) is 6. The minimum atomic E-state index is -0.665. The lowest BCUT2D eigenvalue weighted by atomic mass is 10.1. The van der Waals surface area contributed by atoms with Crippen LogP contribution >= 0.6 is 0 Å². The number of anilines is 1. The summed E-state index contributed by atoms with van der Waals surface area (Å²) in [6.45, 7) is 1.82. The van der Waals surface area contributed by atoms with Gasteiger partial charge in [0, 0.05) is 18.5 Å². The van der Waals surface area contributed by atoms with Gasteiger partial charge in [0.25, 0.3) is 11.4 Å². The van der Waals surface area contributed by atoms with E-state index in [1.54, 1.807) is 18.5 Å². The van der Waals surface area contributed by atoms with Crippen LogP contribution in [0.2, 0.25) is 0 Å². The molecule has 1 aromatic carbocycles. The van der Waals surface area contributed by atoms with Crippen LogP contribution in [0, 0.1) is 20.2 Å². The van der Waals surface area contributed by atoms with Crippen molar-refractivity contribution in [1.29, 1.82) is 0 Å². The molecule has 0 saturated carbocycles. The van der Waals surface area contributed by atoms with Crippen LogP contribution < -0.4 is 5.32 Å². The normalized spacial score (nSPS) is 11.7. The van der Waals surface area contributed by atoms with Crippen molar-refractivity contribution in [2.45, 2.75) is 13.0 Å². The number of non-ortho nitro benzene ring substituents is 1. The average Bonchev–Trinajstić information content (AvgIpc) is 2.48. The molecule has 0 saturated heterocycles. The van der Waals surface area contributed by atoms with E-state index in [2.05, 4.69) is 10.3 Å². The SMILES string of the molecule is CC(Nc1ccc([N+](=O)[O-])cc1[N+](=O)[O-])c1cccnc1. The summed E-state index contributed by atoms with van der Waals surface area (Å²) in [6.07, 6.45) is 3.28. The van der Waals surface area contributed by atoms with Gasteiger partial charge in [-0.2, -0.15) is 0 Å². The first kappa shape index (κ1) is 14.4. The van der Waals surface area contributed by atoms with Crippen molar-refractivity contribution in [3.8, 4) is 0 Å². The van der Waals surface area contributed by atoms with E-state index in [1.165, 1.54) is 12.1 Å². The molecule has 0 aliphatic rings. The molecule has 1 unspecified atom stereocenters. The van der Waals surface area contributed by atoms with E-state index >= 15 is 0 Å². The Morgan fingerprint density at radius 2 is 1.95 bits per heavy atom. The molecule has 0 fully saturated rings. The lowest BCUT2D eigenvalue weighted by Crippen LogP contribution is -2.08. The lowest BCUT2D eigenvalue weighted by molar-refractivity contribution is -0.393. The second-order valence-corrected chi connectivity index (χ2v) is 4.37. The molecule has 8 nitrogen and oxygen atoms in total. The third kappa shape index (κ3) is 3.30. The number of nitrogens with one attached hydrogen (secondary N) is 1. The highest BCUT2D eigenvalue weighted by molar-refractivity contribution is 5.65. The monoisotopic (exact) mass is 288 g/mol. The fourth-order valence-corrected chi connectivity index (χ4v) is 1.86. The largest absolute Gasteiger partial charge is 0.373 e. The Morgan fingerprint density at radius 1 is 1.19 bits per heavy atom. The number of nitro groups is 2. The maximum absolute atomic E-state index is 11.0. The fraction of sp³-hybridized carbons (Fsp3) is 0.154. The van der Waals surface area contributed by atoms with Gasteiger partial charge in [0.15, 0.2) is 0 Å². The highest BCUT2D eigenvalue weighted by Crippen LogP contribution is 2.31. The number of benzene rings is 1. The zero-order valence-electron chi connectivity index (χ0n) is 11.1. The molecule has 0 aliphatic heterocycles. The highest BCUT2D eigenvalue weighted by atomic mass is 16.6. The first-order valence-corrected chi connectivity index (χ1v) is 6.08. The molecule has 0 bridgehead atoms. The van der Waals surface area contributed by atoms with Gasteiger partial charge in [-0.15, -0.1) is 0 Å². The molecule has 2 aromatic rings. The van der Waals surface area contributed by atoms with Gasteiger partial charge in [0.2, 0.25) is 0 Å². The minimum Gasteiger partial charge on any atom is -0.373 e. The van der Waals surface area contributed by atoms with Crippen LogP contribution in [0.1, 0.15) is 18.5 Å². The topological polar surface area (TPSA) is 111 Å². The molecule has 1 heterocycles. The number of rotatable bonds is 5. The summed E-state index contributed by atoms with van der Waals surface area (Å²) < 4.78 is 0. The van der Waals surface area contributed by atoms with Crippen LogP contribution in [0.5, 0.6) is 0 Å². The minimum absolute atomic E-state index is 0.223. The van der Waals surface area contributed by atoms with Crippen LogP contribution in [0.3, 0.4) is 0 Å². The van der Waals surface area contributed by atoms with Crippen LogP contribution in [-0.2, 0) is 0 Å². The summed E-state index contributed by atoms with van der Waals surface area (Å²) >= 11 is 0. The van der Waals surface area contributed by atoms with Crippen molar-refractivity contribution in [2.75, 3.05) is 5.32 Å². The van der Waals surface area contributed by atoms with E-state index in [0.29, 0.717) is 0 Å². The van der Waals surface area contributed by atoms with E-state index in [-0.39, 0.29) is 23.1 Å². The van der Waals surface area contributed by atoms with E-state index in [4.69, 9.17) is 0 Å². The standard InChI is InChI=1S/C13H12N4O4/c1-9(10-3-2-6-14-8-10)15-12-5-4-11(16(18)19)7-13(12)17(20)21/h2-9,15H,1H3. The molecule has 0 radical (unpaired) electrons. The van der Waals surface area contributed by atoms with Crippen molar-refractivity contribution < 1.29 is 9.85 Å². The Morgan fingerprint density at radius 3 is 2.52 bits per heavy atom. The maximum atomic E-state index is 11.0. The highest BCUT2D eigenvalue weighted by Gasteiger charge is 2.20. The lowest BCUT2D eigenvalue weighted by Gasteiger charge is -2.15. The van der Waals surface area contributed by atoms with Gasteiger partial charge in [-0.3, -0.25) is 25.2 Å². The summed E-state index contributed by atoms with van der Waals surface area (Å²) in [6, 6.07) is 6.88. The van der Waals surface area contributed by atoms with Crippen molar-refractivity contribution >= 4 is 17.1 Å².